The van der Waals surface area contributed by atoms with Gasteiger partial charge in [-0.1, -0.05) is 49.6 Å². The number of hydrogen-bond acceptors (Lipinski definition) is 6. The van der Waals surface area contributed by atoms with Gasteiger partial charge >= 0.3 is 26.7 Å². The third-order valence-electron chi connectivity index (χ3n) is 3.13. The van der Waals surface area contributed by atoms with Crippen LogP contribution >= 0.6 is 0 Å². The van der Waals surface area contributed by atoms with E-state index < -0.39 is 26.7 Å². The van der Waals surface area contributed by atoms with E-state index in [4.69, 9.17) is 13.3 Å². The molecule has 1 aromatic carbocycles. The average molecular weight is 374 g/mol. The second-order valence-electron chi connectivity index (χ2n) is 5.93. The molecule has 0 radical (unpaired) electrons. The Kier molecular flexibility index (Phi) is 6.85. The van der Waals surface area contributed by atoms with E-state index in [0.717, 1.165) is 5.56 Å². The highest BCUT2D eigenvalue weighted by atomic mass is 28.4. The largest absolute Gasteiger partial charge is 0.743 e. The SMILES string of the molecule is C=C(C)C(=O)O[Si](OC(=O)C(=C)C)(OC(=O)C(=C)C)c1ccc(C)cc1. The minimum atomic E-state index is -4.30. The van der Waals surface area contributed by atoms with Gasteiger partial charge in [-0.15, -0.1) is 0 Å². The van der Waals surface area contributed by atoms with Crippen LogP contribution in [0.3, 0.4) is 0 Å². The lowest BCUT2D eigenvalue weighted by molar-refractivity contribution is -0.144. The van der Waals surface area contributed by atoms with Gasteiger partial charge in [0.25, 0.3) is 0 Å². The summed E-state index contributed by atoms with van der Waals surface area (Å²) in [5, 5.41) is 0.266. The zero-order valence-corrected chi connectivity index (χ0v) is 16.4. The third-order valence-corrected chi connectivity index (χ3v) is 5.53. The fourth-order valence-corrected chi connectivity index (χ4v) is 3.93. The van der Waals surface area contributed by atoms with E-state index in [1.165, 1.54) is 20.8 Å². The molecule has 0 saturated heterocycles. The summed E-state index contributed by atoms with van der Waals surface area (Å²) in [5.74, 6) is -2.54. The number of hydrogen-bond donors (Lipinski definition) is 0. The van der Waals surface area contributed by atoms with Crippen molar-refractivity contribution in [3.05, 3.63) is 66.3 Å². The fourth-order valence-electron chi connectivity index (χ4n) is 1.62. The van der Waals surface area contributed by atoms with Crippen molar-refractivity contribution in [2.45, 2.75) is 27.7 Å². The minimum absolute atomic E-state index is 0.0618. The zero-order valence-electron chi connectivity index (χ0n) is 15.4. The molecule has 138 valence electrons. The Morgan fingerprint density at radius 3 is 1.31 bits per heavy atom. The Balaban J connectivity index is 3.54. The first-order valence-corrected chi connectivity index (χ1v) is 9.44. The van der Waals surface area contributed by atoms with Crippen LogP contribution < -0.4 is 5.19 Å². The van der Waals surface area contributed by atoms with Crippen molar-refractivity contribution in [2.75, 3.05) is 0 Å². The molecule has 0 spiro atoms. The summed E-state index contributed by atoms with van der Waals surface area (Å²) in [6.45, 7) is 16.7. The van der Waals surface area contributed by atoms with E-state index in [1.54, 1.807) is 24.3 Å². The number of rotatable bonds is 7. The maximum atomic E-state index is 12.2. The van der Waals surface area contributed by atoms with Crippen molar-refractivity contribution >= 4 is 31.9 Å². The van der Waals surface area contributed by atoms with Crippen LogP contribution in [0.4, 0.5) is 0 Å². The summed E-state index contributed by atoms with van der Waals surface area (Å²) in [4.78, 5) is 36.6. The molecule has 7 heteroatoms. The van der Waals surface area contributed by atoms with Gasteiger partial charge in [-0.05, 0) is 27.7 Å². The Labute approximate surface area is 154 Å². The van der Waals surface area contributed by atoms with Crippen LogP contribution in [-0.2, 0) is 27.7 Å². The van der Waals surface area contributed by atoms with E-state index in [1.807, 2.05) is 6.92 Å². The fraction of sp³-hybridized carbons (Fsp3) is 0.211. The Morgan fingerprint density at radius 2 is 1.04 bits per heavy atom. The van der Waals surface area contributed by atoms with Crippen LogP contribution in [0.1, 0.15) is 26.3 Å². The van der Waals surface area contributed by atoms with E-state index in [2.05, 4.69) is 19.7 Å². The molecule has 0 atom stereocenters. The maximum Gasteiger partial charge on any atom is 0.743 e. The lowest BCUT2D eigenvalue weighted by Gasteiger charge is -2.28. The van der Waals surface area contributed by atoms with Gasteiger partial charge in [0.2, 0.25) is 0 Å². The first kappa shape index (κ1) is 21.1. The molecular weight excluding hydrogens is 352 g/mol. The normalized spacial score (nSPS) is 10.5. The molecule has 0 bridgehead atoms. The molecule has 6 nitrogen and oxygen atoms in total. The standard InChI is InChI=1S/C19H22O6Si/c1-12(2)17(20)23-26(24-18(21)13(3)4,25-19(22)14(5)6)16-10-8-15(7)9-11-16/h8-11H,1,3,5H2,2,4,6-7H3. The number of carbonyl (C=O) groups excluding carboxylic acids is 3. The van der Waals surface area contributed by atoms with Gasteiger partial charge in [-0.2, -0.15) is 0 Å². The van der Waals surface area contributed by atoms with Crippen molar-refractivity contribution in [2.24, 2.45) is 0 Å². The quantitative estimate of drug-likeness (QED) is 0.539. The summed E-state index contributed by atoms with van der Waals surface area (Å²) in [6.07, 6.45) is 0. The van der Waals surface area contributed by atoms with Gasteiger partial charge < -0.3 is 13.3 Å². The molecule has 0 N–H and O–H groups in total. The molecule has 1 aromatic rings. The van der Waals surface area contributed by atoms with Gasteiger partial charge in [0.05, 0.1) is 5.19 Å². The first-order valence-electron chi connectivity index (χ1n) is 7.72. The van der Waals surface area contributed by atoms with Crippen LogP contribution in [0, 0.1) is 6.92 Å². The second kappa shape index (κ2) is 8.44. The summed E-state index contributed by atoms with van der Waals surface area (Å²) in [7, 11) is -4.30. The molecule has 0 heterocycles. The highest BCUT2D eigenvalue weighted by molar-refractivity contribution is 6.79. The van der Waals surface area contributed by atoms with Gasteiger partial charge in [0.1, 0.15) is 0 Å². The van der Waals surface area contributed by atoms with Gasteiger partial charge in [-0.25, -0.2) is 14.4 Å². The summed E-state index contributed by atoms with van der Waals surface area (Å²) < 4.78 is 16.2. The zero-order chi connectivity index (χ0) is 20.1. The van der Waals surface area contributed by atoms with Gasteiger partial charge in [0, 0.05) is 16.7 Å². The lowest BCUT2D eigenvalue weighted by atomic mass is 10.2. The van der Waals surface area contributed by atoms with Gasteiger partial charge in [0.15, 0.2) is 0 Å². The molecule has 0 aromatic heterocycles. The van der Waals surface area contributed by atoms with Crippen LogP contribution in [0.5, 0.6) is 0 Å². The average Bonchev–Trinajstić information content (AvgIpc) is 2.54. The monoisotopic (exact) mass is 374 g/mol. The molecule has 1 rings (SSSR count). The third kappa shape index (κ3) is 5.28. The Hall–Kier alpha value is -2.93. The summed E-state index contributed by atoms with van der Waals surface area (Å²) in [5.41, 5.74) is 1.10. The predicted octanol–water partition coefficient (Wildman–Crippen LogP) is 2.50. The number of benzene rings is 1. The molecule has 26 heavy (non-hydrogen) atoms. The Bertz CT molecular complexity index is 706. The van der Waals surface area contributed by atoms with E-state index >= 15 is 0 Å². The molecule has 0 aliphatic heterocycles. The molecule has 0 fully saturated rings. The molecule has 0 aliphatic carbocycles. The van der Waals surface area contributed by atoms with Crippen LogP contribution in [-0.4, -0.2) is 26.7 Å². The topological polar surface area (TPSA) is 78.9 Å². The first-order chi connectivity index (χ1) is 12.0. The van der Waals surface area contributed by atoms with E-state index in [-0.39, 0.29) is 21.9 Å². The van der Waals surface area contributed by atoms with E-state index in [0.29, 0.717) is 0 Å². The van der Waals surface area contributed by atoms with Crippen molar-refractivity contribution in [3.63, 3.8) is 0 Å². The smallest absolute Gasteiger partial charge is 0.448 e. The van der Waals surface area contributed by atoms with Crippen LogP contribution in [0.25, 0.3) is 0 Å². The second-order valence-corrected chi connectivity index (χ2v) is 8.23. The highest BCUT2D eigenvalue weighted by Gasteiger charge is 2.56. The summed E-state index contributed by atoms with van der Waals surface area (Å²) >= 11 is 0. The van der Waals surface area contributed by atoms with E-state index in [9.17, 15) is 14.4 Å². The number of carbonyl (C=O) groups is 3. The molecular formula is C19H22O6Si. The van der Waals surface area contributed by atoms with Crippen molar-refractivity contribution < 1.29 is 27.7 Å². The van der Waals surface area contributed by atoms with Crippen molar-refractivity contribution in [3.8, 4) is 0 Å². The van der Waals surface area contributed by atoms with Crippen LogP contribution in [0.2, 0.25) is 0 Å². The molecule has 0 saturated carbocycles. The molecule has 0 aliphatic rings. The highest BCUT2D eigenvalue weighted by Crippen LogP contribution is 2.17. The minimum Gasteiger partial charge on any atom is -0.448 e. The lowest BCUT2D eigenvalue weighted by Crippen LogP contribution is -2.60. The Morgan fingerprint density at radius 1 is 0.731 bits per heavy atom. The molecule has 0 amide bonds. The van der Waals surface area contributed by atoms with Crippen molar-refractivity contribution in [1.82, 2.24) is 0 Å². The number of aryl methyl sites for hydroxylation is 1. The van der Waals surface area contributed by atoms with Gasteiger partial charge in [-0.3, -0.25) is 0 Å². The summed E-state index contributed by atoms with van der Waals surface area (Å²) in [6, 6.07) is 6.58. The predicted molar refractivity (Wildman–Crippen MR) is 99.3 cm³/mol. The van der Waals surface area contributed by atoms with Crippen LogP contribution in [0.15, 0.2) is 60.7 Å². The van der Waals surface area contributed by atoms with Crippen molar-refractivity contribution in [1.29, 1.82) is 0 Å². The maximum absolute atomic E-state index is 12.2. The molecule has 0 unspecified atom stereocenters.